The molecule has 0 fully saturated rings. The molecular formula is C22H36N2O2S. The summed E-state index contributed by atoms with van der Waals surface area (Å²) in [5.74, 6) is 0. The maximum Gasteiger partial charge on any atom is 0.349 e. The maximum absolute atomic E-state index is 11.8. The highest BCUT2D eigenvalue weighted by atomic mass is 32.1. The van der Waals surface area contributed by atoms with E-state index < -0.39 is 0 Å². The van der Waals surface area contributed by atoms with Crippen LogP contribution in [0.4, 0.5) is 6.01 Å². The second-order valence-electron chi connectivity index (χ2n) is 7.47. The molecule has 5 heteroatoms. The molecule has 0 radical (unpaired) electrons. The third-order valence-corrected chi connectivity index (χ3v) is 5.87. The predicted octanol–water partition coefficient (Wildman–Crippen LogP) is 7.14. The molecule has 2 rings (SSSR count). The molecule has 0 spiro atoms. The molecule has 152 valence electrons. The van der Waals surface area contributed by atoms with Gasteiger partial charge in [-0.25, -0.2) is 4.79 Å². The molecule has 0 aliphatic heterocycles. The van der Waals surface area contributed by atoms with Gasteiger partial charge >= 0.3 is 5.63 Å². The second kappa shape index (κ2) is 13.8. The Bertz CT molecular complexity index is 680. The lowest BCUT2D eigenvalue weighted by molar-refractivity contribution is 0.513. The lowest BCUT2D eigenvalue weighted by Gasteiger charge is -2.05. The van der Waals surface area contributed by atoms with Crippen molar-refractivity contribution in [3.8, 4) is 0 Å². The summed E-state index contributed by atoms with van der Waals surface area (Å²) in [4.78, 5) is 16.9. The highest BCUT2D eigenvalue weighted by Gasteiger charge is 2.06. The van der Waals surface area contributed by atoms with E-state index in [1.54, 1.807) is 6.07 Å². The zero-order valence-electron chi connectivity index (χ0n) is 16.9. The fourth-order valence-electron chi connectivity index (χ4n) is 3.39. The van der Waals surface area contributed by atoms with Crippen LogP contribution in [0.3, 0.4) is 0 Å². The lowest BCUT2D eigenvalue weighted by atomic mass is 10.0. The molecule has 2 heterocycles. The Balaban J connectivity index is 1.39. The molecule has 4 nitrogen and oxygen atoms in total. The van der Waals surface area contributed by atoms with Crippen LogP contribution in [-0.4, -0.2) is 11.5 Å². The van der Waals surface area contributed by atoms with Crippen LogP contribution >= 0.6 is 11.3 Å². The fourth-order valence-corrected chi connectivity index (χ4v) is 4.14. The highest BCUT2D eigenvalue weighted by molar-refractivity contribution is 7.16. The van der Waals surface area contributed by atoms with Gasteiger partial charge in [0, 0.05) is 6.54 Å². The number of nitrogens with one attached hydrogen (secondary N) is 1. The molecule has 0 aliphatic rings. The zero-order chi connectivity index (χ0) is 19.2. The van der Waals surface area contributed by atoms with E-state index in [1.165, 1.54) is 94.8 Å². The summed E-state index contributed by atoms with van der Waals surface area (Å²) in [7, 11) is 0. The number of aromatic nitrogens is 1. The van der Waals surface area contributed by atoms with E-state index in [-0.39, 0.29) is 5.63 Å². The number of rotatable bonds is 16. The van der Waals surface area contributed by atoms with Crippen molar-refractivity contribution in [2.45, 2.75) is 96.8 Å². The average molecular weight is 393 g/mol. The Kier molecular flexibility index (Phi) is 11.2. The van der Waals surface area contributed by atoms with Gasteiger partial charge in [0.2, 0.25) is 0 Å². The van der Waals surface area contributed by atoms with Gasteiger partial charge in [0.05, 0.1) is 5.39 Å². The standard InChI is InChI=1S/C22H36N2O2S/c1-2-3-4-5-6-7-8-9-10-11-12-13-14-15-17-23-22-24-20-19(16-18-27-20)21(25)26-22/h16,18H,2-15,17H2,1H3,(H,23,24). The molecule has 0 saturated carbocycles. The van der Waals surface area contributed by atoms with Crippen LogP contribution in [0.2, 0.25) is 0 Å². The van der Waals surface area contributed by atoms with Crippen LogP contribution in [0.5, 0.6) is 0 Å². The number of hydrogen-bond donors (Lipinski definition) is 1. The van der Waals surface area contributed by atoms with E-state index in [2.05, 4.69) is 17.2 Å². The fraction of sp³-hybridized carbons (Fsp3) is 0.727. The van der Waals surface area contributed by atoms with E-state index in [0.29, 0.717) is 11.4 Å². The van der Waals surface area contributed by atoms with Crippen molar-refractivity contribution in [2.24, 2.45) is 0 Å². The van der Waals surface area contributed by atoms with Crippen molar-refractivity contribution in [1.82, 2.24) is 4.98 Å². The van der Waals surface area contributed by atoms with Crippen LogP contribution in [0.25, 0.3) is 10.2 Å². The molecular weight excluding hydrogens is 356 g/mol. The van der Waals surface area contributed by atoms with Crippen molar-refractivity contribution in [2.75, 3.05) is 11.9 Å². The summed E-state index contributed by atoms with van der Waals surface area (Å²) in [6.45, 7) is 3.09. The maximum atomic E-state index is 11.8. The lowest BCUT2D eigenvalue weighted by Crippen LogP contribution is -2.08. The molecule has 1 N–H and O–H groups in total. The topological polar surface area (TPSA) is 55.1 Å². The zero-order valence-corrected chi connectivity index (χ0v) is 17.7. The van der Waals surface area contributed by atoms with E-state index in [0.717, 1.165) is 17.8 Å². The number of anilines is 1. The number of thiophene rings is 1. The second-order valence-corrected chi connectivity index (χ2v) is 8.36. The van der Waals surface area contributed by atoms with E-state index in [4.69, 9.17) is 4.42 Å². The summed E-state index contributed by atoms with van der Waals surface area (Å²) >= 11 is 1.47. The molecule has 0 bridgehead atoms. The third-order valence-electron chi connectivity index (χ3n) is 5.06. The Morgan fingerprint density at radius 3 is 2.04 bits per heavy atom. The van der Waals surface area contributed by atoms with E-state index >= 15 is 0 Å². The first-order valence-electron chi connectivity index (χ1n) is 10.9. The number of unbranched alkanes of at least 4 members (excludes halogenated alkanes) is 13. The van der Waals surface area contributed by atoms with Crippen LogP contribution in [0, 0.1) is 0 Å². The van der Waals surface area contributed by atoms with Crippen LogP contribution < -0.4 is 10.9 Å². The van der Waals surface area contributed by atoms with Gasteiger partial charge in [-0.1, -0.05) is 90.4 Å². The molecule has 0 amide bonds. The average Bonchev–Trinajstić information content (AvgIpc) is 3.14. The number of fused-ring (bicyclic) bond motifs is 1. The van der Waals surface area contributed by atoms with Gasteiger partial charge in [0.1, 0.15) is 4.83 Å². The molecule has 0 aromatic carbocycles. The Hall–Kier alpha value is -1.36. The minimum atomic E-state index is -0.301. The first-order valence-corrected chi connectivity index (χ1v) is 11.8. The minimum absolute atomic E-state index is 0.301. The van der Waals surface area contributed by atoms with Gasteiger partial charge in [-0.2, -0.15) is 4.98 Å². The number of nitrogens with zero attached hydrogens (tertiary/aromatic N) is 1. The highest BCUT2D eigenvalue weighted by Crippen LogP contribution is 2.17. The smallest absolute Gasteiger partial charge is 0.349 e. The third kappa shape index (κ3) is 8.91. The first-order chi connectivity index (χ1) is 13.3. The Labute approximate surface area is 167 Å². The van der Waals surface area contributed by atoms with Gasteiger partial charge in [-0.05, 0) is 17.9 Å². The van der Waals surface area contributed by atoms with Crippen molar-refractivity contribution in [3.05, 3.63) is 21.9 Å². The van der Waals surface area contributed by atoms with Gasteiger partial charge in [-0.15, -0.1) is 11.3 Å². The molecule has 27 heavy (non-hydrogen) atoms. The van der Waals surface area contributed by atoms with Crippen molar-refractivity contribution in [1.29, 1.82) is 0 Å². The van der Waals surface area contributed by atoms with Crippen LogP contribution in [0.1, 0.15) is 96.8 Å². The first kappa shape index (κ1) is 21.9. The molecule has 0 atom stereocenters. The van der Waals surface area contributed by atoms with E-state index in [1.807, 2.05) is 5.38 Å². The van der Waals surface area contributed by atoms with Gasteiger partial charge < -0.3 is 9.73 Å². The van der Waals surface area contributed by atoms with Gasteiger partial charge in [0.15, 0.2) is 0 Å². The Morgan fingerprint density at radius 1 is 0.889 bits per heavy atom. The molecule has 0 aliphatic carbocycles. The van der Waals surface area contributed by atoms with Crippen LogP contribution in [0.15, 0.2) is 20.7 Å². The number of hydrogen-bond acceptors (Lipinski definition) is 5. The summed E-state index contributed by atoms with van der Waals surface area (Å²) < 4.78 is 5.20. The SMILES string of the molecule is CCCCCCCCCCCCCCCCNc1nc2sccc2c(=O)o1. The molecule has 0 saturated heterocycles. The summed E-state index contributed by atoms with van der Waals surface area (Å²) in [5.41, 5.74) is -0.301. The monoisotopic (exact) mass is 392 g/mol. The Morgan fingerprint density at radius 2 is 1.44 bits per heavy atom. The van der Waals surface area contributed by atoms with Gasteiger partial charge in [0.25, 0.3) is 6.01 Å². The molecule has 2 aromatic rings. The molecule has 0 unspecified atom stereocenters. The predicted molar refractivity (Wildman–Crippen MR) is 117 cm³/mol. The van der Waals surface area contributed by atoms with Crippen molar-refractivity contribution < 1.29 is 4.42 Å². The van der Waals surface area contributed by atoms with Crippen molar-refractivity contribution in [3.63, 3.8) is 0 Å². The summed E-state index contributed by atoms with van der Waals surface area (Å²) in [6, 6.07) is 2.11. The summed E-state index contributed by atoms with van der Waals surface area (Å²) in [6.07, 6.45) is 19.0. The van der Waals surface area contributed by atoms with Gasteiger partial charge in [-0.3, -0.25) is 0 Å². The van der Waals surface area contributed by atoms with Crippen LogP contribution in [-0.2, 0) is 0 Å². The largest absolute Gasteiger partial charge is 0.389 e. The van der Waals surface area contributed by atoms with E-state index in [9.17, 15) is 4.79 Å². The molecule has 2 aromatic heterocycles. The normalized spacial score (nSPS) is 11.3. The van der Waals surface area contributed by atoms with Crippen molar-refractivity contribution >= 4 is 27.6 Å². The quantitative estimate of drug-likeness (QED) is 0.308. The summed E-state index contributed by atoms with van der Waals surface area (Å²) in [5, 5.41) is 5.58. The minimum Gasteiger partial charge on any atom is -0.389 e.